The second kappa shape index (κ2) is 4.08. The fourth-order valence-electron chi connectivity index (χ4n) is 0.776. The van der Waals surface area contributed by atoms with Gasteiger partial charge in [0, 0.05) is 5.56 Å². The lowest BCUT2D eigenvalue weighted by Gasteiger charge is -2.12. The maximum Gasteiger partial charge on any atom is 0.0984 e. The van der Waals surface area contributed by atoms with E-state index in [1.807, 2.05) is 30.3 Å². The molecule has 1 aromatic rings. The summed E-state index contributed by atoms with van der Waals surface area (Å²) in [7, 11) is 0. The zero-order valence-electron chi connectivity index (χ0n) is 7.62. The second-order valence-corrected chi connectivity index (χ2v) is 3.19. The molecule has 1 aromatic carbocycles. The van der Waals surface area contributed by atoms with Crippen molar-refractivity contribution in [3.63, 3.8) is 0 Å². The van der Waals surface area contributed by atoms with E-state index in [-0.39, 0.29) is 6.61 Å². The van der Waals surface area contributed by atoms with Crippen LogP contribution in [0, 0.1) is 11.8 Å². The summed E-state index contributed by atoms with van der Waals surface area (Å²) in [6, 6.07) is 9.56. The van der Waals surface area contributed by atoms with E-state index >= 15 is 0 Å². The van der Waals surface area contributed by atoms with Crippen LogP contribution in [0.15, 0.2) is 30.3 Å². The van der Waals surface area contributed by atoms with Crippen LogP contribution in [-0.4, -0.2) is 17.3 Å². The molecule has 0 bridgehead atoms. The number of aliphatic hydroxyl groups is 1. The van der Waals surface area contributed by atoms with E-state index in [0.29, 0.717) is 0 Å². The molecule has 1 atom stereocenters. The third kappa shape index (κ3) is 3.29. The fourth-order valence-corrected chi connectivity index (χ4v) is 0.776. The van der Waals surface area contributed by atoms with Gasteiger partial charge in [0.25, 0.3) is 0 Å². The average Bonchev–Trinajstić information content (AvgIpc) is 2.17. The van der Waals surface area contributed by atoms with Gasteiger partial charge in [-0.05, 0) is 19.1 Å². The lowest BCUT2D eigenvalue weighted by molar-refractivity contribution is 0.243. The lowest BCUT2D eigenvalue weighted by atomic mass is 10.1. The van der Waals surface area contributed by atoms with E-state index in [2.05, 4.69) is 11.8 Å². The predicted molar refractivity (Wildman–Crippen MR) is 53.0 cm³/mol. The monoisotopic (exact) mass is 175 g/mol. The predicted octanol–water partition coefficient (Wildman–Crippen LogP) is 0.748. The molecule has 1 rings (SSSR count). The molecule has 0 amide bonds. The Morgan fingerprint density at radius 2 is 2.00 bits per heavy atom. The SMILES string of the molecule is C[C@](N)(C#Cc1ccccc1)CO. The standard InChI is InChI=1S/C11H13NO/c1-11(12,9-13)8-7-10-5-3-2-4-6-10/h2-6,13H,9,12H2,1H3/t11-/m0/s1. The smallest absolute Gasteiger partial charge is 0.0984 e. The summed E-state index contributed by atoms with van der Waals surface area (Å²) in [5, 5.41) is 8.84. The van der Waals surface area contributed by atoms with Gasteiger partial charge in [-0.25, -0.2) is 0 Å². The highest BCUT2D eigenvalue weighted by Gasteiger charge is 2.11. The van der Waals surface area contributed by atoms with Crippen molar-refractivity contribution in [1.82, 2.24) is 0 Å². The third-order valence-corrected chi connectivity index (χ3v) is 1.59. The molecule has 0 aliphatic heterocycles. The van der Waals surface area contributed by atoms with Gasteiger partial charge in [-0.3, -0.25) is 0 Å². The Hall–Kier alpha value is -1.30. The van der Waals surface area contributed by atoms with Gasteiger partial charge in [-0.15, -0.1) is 0 Å². The summed E-state index contributed by atoms with van der Waals surface area (Å²) in [6.45, 7) is 1.57. The molecule has 0 aliphatic rings. The van der Waals surface area contributed by atoms with Gasteiger partial charge in [-0.1, -0.05) is 30.0 Å². The maximum absolute atomic E-state index is 8.84. The highest BCUT2D eigenvalue weighted by atomic mass is 16.3. The Morgan fingerprint density at radius 1 is 1.38 bits per heavy atom. The lowest BCUT2D eigenvalue weighted by Crippen LogP contribution is -2.38. The van der Waals surface area contributed by atoms with Crippen molar-refractivity contribution < 1.29 is 5.11 Å². The minimum Gasteiger partial charge on any atom is -0.393 e. The first-order valence-corrected chi connectivity index (χ1v) is 4.12. The molecular formula is C11H13NO. The van der Waals surface area contributed by atoms with Crippen molar-refractivity contribution >= 4 is 0 Å². The molecule has 2 heteroatoms. The molecule has 0 saturated carbocycles. The van der Waals surface area contributed by atoms with Crippen LogP contribution < -0.4 is 5.73 Å². The summed E-state index contributed by atoms with van der Waals surface area (Å²) in [5.74, 6) is 5.70. The zero-order chi connectivity index (χ0) is 9.73. The molecule has 2 nitrogen and oxygen atoms in total. The second-order valence-electron chi connectivity index (χ2n) is 3.19. The van der Waals surface area contributed by atoms with E-state index in [1.54, 1.807) is 6.92 Å². The molecule has 0 aromatic heterocycles. The van der Waals surface area contributed by atoms with E-state index in [0.717, 1.165) is 5.56 Å². The minimum atomic E-state index is -0.810. The van der Waals surface area contributed by atoms with E-state index in [9.17, 15) is 0 Å². The van der Waals surface area contributed by atoms with Crippen LogP contribution in [0.2, 0.25) is 0 Å². The first kappa shape index (κ1) is 9.79. The fraction of sp³-hybridized carbons (Fsp3) is 0.273. The van der Waals surface area contributed by atoms with Gasteiger partial charge in [0.15, 0.2) is 0 Å². The molecule has 3 N–H and O–H groups in total. The molecule has 0 spiro atoms. The van der Waals surface area contributed by atoms with Gasteiger partial charge in [0.1, 0.15) is 0 Å². The van der Waals surface area contributed by atoms with Crippen LogP contribution in [0.1, 0.15) is 12.5 Å². The first-order chi connectivity index (χ1) is 6.14. The van der Waals surface area contributed by atoms with Crippen molar-refractivity contribution in [3.8, 4) is 11.8 Å². The van der Waals surface area contributed by atoms with Crippen molar-refractivity contribution in [1.29, 1.82) is 0 Å². The number of aliphatic hydroxyl groups excluding tert-OH is 1. The highest BCUT2D eigenvalue weighted by Crippen LogP contribution is 1.98. The van der Waals surface area contributed by atoms with Crippen molar-refractivity contribution in [2.75, 3.05) is 6.61 Å². The Labute approximate surface area is 78.4 Å². The summed E-state index contributed by atoms with van der Waals surface area (Å²) in [6.07, 6.45) is 0. The quantitative estimate of drug-likeness (QED) is 0.619. The van der Waals surface area contributed by atoms with E-state index < -0.39 is 5.54 Å². The van der Waals surface area contributed by atoms with E-state index in [1.165, 1.54) is 0 Å². The van der Waals surface area contributed by atoms with Gasteiger partial charge >= 0.3 is 0 Å². The van der Waals surface area contributed by atoms with Crippen molar-refractivity contribution in [3.05, 3.63) is 35.9 Å². The van der Waals surface area contributed by atoms with Gasteiger partial charge in [0.2, 0.25) is 0 Å². The van der Waals surface area contributed by atoms with E-state index in [4.69, 9.17) is 10.8 Å². The summed E-state index contributed by atoms with van der Waals surface area (Å²) < 4.78 is 0. The normalized spacial score (nSPS) is 14.1. The van der Waals surface area contributed by atoms with Crippen LogP contribution in [0.4, 0.5) is 0 Å². The molecule has 0 saturated heterocycles. The van der Waals surface area contributed by atoms with Crippen LogP contribution in [0.25, 0.3) is 0 Å². The van der Waals surface area contributed by atoms with Gasteiger partial charge in [-0.2, -0.15) is 0 Å². The minimum absolute atomic E-state index is 0.132. The Balaban J connectivity index is 2.79. The maximum atomic E-state index is 8.84. The molecule has 0 unspecified atom stereocenters. The largest absolute Gasteiger partial charge is 0.393 e. The molecule has 0 fully saturated rings. The summed E-state index contributed by atoms with van der Waals surface area (Å²) in [4.78, 5) is 0. The molecule has 0 radical (unpaired) electrons. The third-order valence-electron chi connectivity index (χ3n) is 1.59. The van der Waals surface area contributed by atoms with Crippen LogP contribution in [0.5, 0.6) is 0 Å². The van der Waals surface area contributed by atoms with Gasteiger partial charge < -0.3 is 10.8 Å². The van der Waals surface area contributed by atoms with Gasteiger partial charge in [0.05, 0.1) is 12.1 Å². The first-order valence-electron chi connectivity index (χ1n) is 4.12. The Kier molecular flexibility index (Phi) is 3.07. The number of hydrogen-bond acceptors (Lipinski definition) is 2. The number of benzene rings is 1. The Bertz CT molecular complexity index is 319. The van der Waals surface area contributed by atoms with Crippen LogP contribution in [0.3, 0.4) is 0 Å². The summed E-state index contributed by atoms with van der Waals surface area (Å²) >= 11 is 0. The molecular weight excluding hydrogens is 162 g/mol. The van der Waals surface area contributed by atoms with Crippen molar-refractivity contribution in [2.45, 2.75) is 12.5 Å². The molecule has 68 valence electrons. The average molecular weight is 175 g/mol. The van der Waals surface area contributed by atoms with Crippen LogP contribution >= 0.6 is 0 Å². The highest BCUT2D eigenvalue weighted by molar-refractivity contribution is 5.36. The molecule has 0 heterocycles. The van der Waals surface area contributed by atoms with Crippen molar-refractivity contribution in [2.24, 2.45) is 5.73 Å². The molecule has 0 aliphatic carbocycles. The molecule has 13 heavy (non-hydrogen) atoms. The number of rotatable bonds is 1. The topological polar surface area (TPSA) is 46.2 Å². The van der Waals surface area contributed by atoms with Crippen LogP contribution in [-0.2, 0) is 0 Å². The summed E-state index contributed by atoms with van der Waals surface area (Å²) in [5.41, 5.74) is 5.74. The Morgan fingerprint density at radius 3 is 2.54 bits per heavy atom. The number of hydrogen-bond donors (Lipinski definition) is 2. The zero-order valence-corrected chi connectivity index (χ0v) is 7.62. The number of nitrogens with two attached hydrogens (primary N) is 1.